The molecule has 2 aromatic carbocycles. The Bertz CT molecular complexity index is 547. The van der Waals surface area contributed by atoms with E-state index in [-0.39, 0.29) is 5.56 Å². The third-order valence-corrected chi connectivity index (χ3v) is 3.63. The summed E-state index contributed by atoms with van der Waals surface area (Å²) in [6.07, 6.45) is 0. The van der Waals surface area contributed by atoms with Gasteiger partial charge in [0.05, 0.1) is 6.04 Å². The van der Waals surface area contributed by atoms with E-state index in [9.17, 15) is 8.78 Å². The van der Waals surface area contributed by atoms with Gasteiger partial charge in [0.1, 0.15) is 0 Å². The van der Waals surface area contributed by atoms with Gasteiger partial charge in [-0.25, -0.2) is 8.78 Å². The first-order chi connectivity index (χ1) is 9.06. The van der Waals surface area contributed by atoms with Gasteiger partial charge in [-0.15, -0.1) is 0 Å². The van der Waals surface area contributed by atoms with Crippen LogP contribution in [0.25, 0.3) is 0 Å². The first kappa shape index (κ1) is 14.0. The van der Waals surface area contributed by atoms with Crippen molar-refractivity contribution in [3.8, 4) is 0 Å². The highest BCUT2D eigenvalue weighted by molar-refractivity contribution is 6.32. The van der Waals surface area contributed by atoms with E-state index in [4.69, 9.17) is 11.6 Å². The lowest BCUT2D eigenvalue weighted by molar-refractivity contribution is 0.487. The van der Waals surface area contributed by atoms with Gasteiger partial charge in [-0.3, -0.25) is 0 Å². The molecule has 0 saturated carbocycles. The molecule has 0 aliphatic carbocycles. The van der Waals surface area contributed by atoms with E-state index < -0.39 is 17.7 Å². The van der Waals surface area contributed by atoms with Gasteiger partial charge in [-0.1, -0.05) is 41.9 Å². The van der Waals surface area contributed by atoms with Crippen LogP contribution in [-0.2, 0) is 0 Å². The van der Waals surface area contributed by atoms with Crippen molar-refractivity contribution in [1.29, 1.82) is 0 Å². The van der Waals surface area contributed by atoms with Crippen LogP contribution in [0.2, 0.25) is 5.02 Å². The van der Waals surface area contributed by atoms with Crippen LogP contribution in [0.5, 0.6) is 0 Å². The van der Waals surface area contributed by atoms with Crippen molar-refractivity contribution >= 4 is 11.6 Å². The summed E-state index contributed by atoms with van der Waals surface area (Å²) in [5.74, 6) is -1.71. The van der Waals surface area contributed by atoms with Crippen molar-refractivity contribution in [2.24, 2.45) is 0 Å². The fraction of sp³-hybridized carbons (Fsp3) is 0.200. The molecule has 2 aromatic rings. The summed E-state index contributed by atoms with van der Waals surface area (Å²) >= 11 is 6.25. The van der Waals surface area contributed by atoms with Crippen molar-refractivity contribution in [3.05, 3.63) is 69.7 Å². The molecular weight excluding hydrogens is 268 g/mol. The third-order valence-electron chi connectivity index (χ3n) is 3.11. The molecule has 100 valence electrons. The highest BCUT2D eigenvalue weighted by Gasteiger charge is 2.21. The van der Waals surface area contributed by atoms with E-state index in [2.05, 4.69) is 5.32 Å². The molecule has 19 heavy (non-hydrogen) atoms. The standard InChI is InChI=1S/C15H14ClF2N/c1-9-5-3-6-10(13(9)16)15(19-2)11-7-4-8-12(17)14(11)18/h3-8,15,19H,1-2H3. The smallest absolute Gasteiger partial charge is 0.163 e. The van der Waals surface area contributed by atoms with Crippen LogP contribution in [0.1, 0.15) is 22.7 Å². The minimum atomic E-state index is -0.860. The Kier molecular flexibility index (Phi) is 4.17. The predicted molar refractivity (Wildman–Crippen MR) is 73.4 cm³/mol. The van der Waals surface area contributed by atoms with Crippen LogP contribution in [0.3, 0.4) is 0 Å². The SMILES string of the molecule is CNC(c1cccc(F)c1F)c1cccc(C)c1Cl. The summed E-state index contributed by atoms with van der Waals surface area (Å²) in [4.78, 5) is 0. The maximum Gasteiger partial charge on any atom is 0.163 e. The second-order valence-corrected chi connectivity index (χ2v) is 4.72. The molecule has 1 nitrogen and oxygen atoms in total. The Morgan fingerprint density at radius 2 is 1.68 bits per heavy atom. The lowest BCUT2D eigenvalue weighted by atomic mass is 9.96. The predicted octanol–water partition coefficient (Wildman–Crippen LogP) is 4.24. The normalized spacial score (nSPS) is 12.5. The molecular formula is C15H14ClF2N. The van der Waals surface area contributed by atoms with Gasteiger partial charge in [-0.05, 0) is 31.2 Å². The van der Waals surface area contributed by atoms with Crippen LogP contribution in [0.4, 0.5) is 8.78 Å². The van der Waals surface area contributed by atoms with Crippen molar-refractivity contribution in [1.82, 2.24) is 5.32 Å². The first-order valence-electron chi connectivity index (χ1n) is 5.92. The van der Waals surface area contributed by atoms with E-state index in [1.807, 2.05) is 19.1 Å². The van der Waals surface area contributed by atoms with Gasteiger partial charge < -0.3 is 5.32 Å². The zero-order valence-corrected chi connectivity index (χ0v) is 11.4. The molecule has 0 amide bonds. The van der Waals surface area contributed by atoms with Crippen LogP contribution < -0.4 is 5.32 Å². The van der Waals surface area contributed by atoms with E-state index in [1.54, 1.807) is 19.2 Å². The summed E-state index contributed by atoms with van der Waals surface area (Å²) in [6.45, 7) is 1.88. The van der Waals surface area contributed by atoms with E-state index in [1.165, 1.54) is 6.07 Å². The van der Waals surface area contributed by atoms with Gasteiger partial charge in [0.15, 0.2) is 11.6 Å². The highest BCUT2D eigenvalue weighted by Crippen LogP contribution is 2.31. The summed E-state index contributed by atoms with van der Waals surface area (Å²) in [5.41, 5.74) is 1.87. The third kappa shape index (κ3) is 2.62. The quantitative estimate of drug-likeness (QED) is 0.887. The topological polar surface area (TPSA) is 12.0 Å². The van der Waals surface area contributed by atoms with Crippen molar-refractivity contribution in [2.45, 2.75) is 13.0 Å². The summed E-state index contributed by atoms with van der Waals surface area (Å²) in [7, 11) is 1.69. The lowest BCUT2D eigenvalue weighted by Crippen LogP contribution is -2.20. The molecule has 1 N–H and O–H groups in total. The summed E-state index contributed by atoms with van der Waals surface area (Å²) < 4.78 is 27.2. The van der Waals surface area contributed by atoms with Crippen LogP contribution in [0.15, 0.2) is 36.4 Å². The van der Waals surface area contributed by atoms with Gasteiger partial charge in [-0.2, -0.15) is 0 Å². The molecule has 0 aliphatic rings. The molecule has 0 spiro atoms. The minimum absolute atomic E-state index is 0.245. The Labute approximate surface area is 116 Å². The highest BCUT2D eigenvalue weighted by atomic mass is 35.5. The molecule has 0 bridgehead atoms. The molecule has 0 aromatic heterocycles. The van der Waals surface area contributed by atoms with Gasteiger partial charge in [0.25, 0.3) is 0 Å². The summed E-state index contributed by atoms with van der Waals surface area (Å²) in [5, 5.41) is 3.54. The van der Waals surface area contributed by atoms with E-state index in [0.717, 1.165) is 17.2 Å². The Balaban J connectivity index is 2.57. The van der Waals surface area contributed by atoms with Crippen LogP contribution in [-0.4, -0.2) is 7.05 Å². The fourth-order valence-corrected chi connectivity index (χ4v) is 2.35. The molecule has 1 unspecified atom stereocenters. The number of nitrogens with one attached hydrogen (secondary N) is 1. The number of hydrogen-bond acceptors (Lipinski definition) is 1. The summed E-state index contributed by atoms with van der Waals surface area (Å²) in [6, 6.07) is 9.19. The fourth-order valence-electron chi connectivity index (χ4n) is 2.12. The average molecular weight is 282 g/mol. The molecule has 0 aliphatic heterocycles. The van der Waals surface area contributed by atoms with Crippen LogP contribution in [0, 0.1) is 18.6 Å². The Morgan fingerprint density at radius 1 is 1.05 bits per heavy atom. The molecule has 0 heterocycles. The second-order valence-electron chi connectivity index (χ2n) is 4.34. The number of halogens is 3. The first-order valence-corrected chi connectivity index (χ1v) is 6.30. The lowest BCUT2D eigenvalue weighted by Gasteiger charge is -2.20. The number of aryl methyl sites for hydroxylation is 1. The number of benzene rings is 2. The minimum Gasteiger partial charge on any atom is -0.309 e. The largest absolute Gasteiger partial charge is 0.309 e. The maximum absolute atomic E-state index is 13.9. The average Bonchev–Trinajstić information content (AvgIpc) is 2.40. The Morgan fingerprint density at radius 3 is 2.37 bits per heavy atom. The Hall–Kier alpha value is -1.45. The van der Waals surface area contributed by atoms with Gasteiger partial charge >= 0.3 is 0 Å². The molecule has 0 radical (unpaired) electrons. The zero-order chi connectivity index (χ0) is 14.0. The number of hydrogen-bond donors (Lipinski definition) is 1. The second kappa shape index (κ2) is 5.68. The van der Waals surface area contributed by atoms with Crippen LogP contribution >= 0.6 is 11.6 Å². The van der Waals surface area contributed by atoms with Crippen molar-refractivity contribution < 1.29 is 8.78 Å². The van der Waals surface area contributed by atoms with E-state index in [0.29, 0.717) is 5.02 Å². The number of rotatable bonds is 3. The van der Waals surface area contributed by atoms with E-state index >= 15 is 0 Å². The molecule has 2 rings (SSSR count). The van der Waals surface area contributed by atoms with Gasteiger partial charge in [0.2, 0.25) is 0 Å². The maximum atomic E-state index is 13.9. The molecule has 4 heteroatoms. The molecule has 0 saturated heterocycles. The monoisotopic (exact) mass is 281 g/mol. The molecule has 0 fully saturated rings. The molecule has 1 atom stereocenters. The van der Waals surface area contributed by atoms with Crippen molar-refractivity contribution in [2.75, 3.05) is 7.05 Å². The van der Waals surface area contributed by atoms with Crippen molar-refractivity contribution in [3.63, 3.8) is 0 Å². The zero-order valence-electron chi connectivity index (χ0n) is 10.7. The van der Waals surface area contributed by atoms with Gasteiger partial charge in [0, 0.05) is 10.6 Å².